The molecule has 4 saturated carbocycles. The maximum absolute atomic E-state index is 13.1. The third kappa shape index (κ3) is 3.98. The molecule has 0 amide bonds. The van der Waals surface area contributed by atoms with Gasteiger partial charge in [-0.1, -0.05) is 13.8 Å². The Kier molecular flexibility index (Phi) is 7.61. The van der Waals surface area contributed by atoms with Gasteiger partial charge in [0.15, 0.2) is 11.6 Å². The topological polar surface area (TPSA) is 113 Å². The molecule has 10 atom stereocenters. The van der Waals surface area contributed by atoms with Crippen LogP contribution in [0.25, 0.3) is 0 Å². The lowest BCUT2D eigenvalue weighted by molar-refractivity contribution is -0.405. The monoisotopic (exact) mass is 540 g/mol. The van der Waals surface area contributed by atoms with E-state index < -0.39 is 34.4 Å². The molecule has 0 radical (unpaired) electrons. The van der Waals surface area contributed by atoms with Gasteiger partial charge in [-0.05, 0) is 70.6 Å². The standard InChI is InChI=1S/C29H48O9/c1-18-11-23-28(15-36-25(2,3)38-23)24-20(7-9-27(28,32)12-18)29(37-17-34-6)10-8-19(21(31)14-30)26(29,4)13-22(24)35-16-33-5/h18-20,22-24,30,32H,7-17H2,1-6H3/t18-,19+,20?,22?,23+,24?,26+,27-,28+,29-/m0/s1. The lowest BCUT2D eigenvalue weighted by Gasteiger charge is -2.71. The highest BCUT2D eigenvalue weighted by atomic mass is 16.7. The summed E-state index contributed by atoms with van der Waals surface area (Å²) in [6.07, 6.45) is 4.21. The van der Waals surface area contributed by atoms with Crippen LogP contribution in [0.3, 0.4) is 0 Å². The Balaban J connectivity index is 1.67. The lowest BCUT2D eigenvalue weighted by atomic mass is 9.39. The number of aliphatic hydroxyl groups excluding tert-OH is 1. The molecular weight excluding hydrogens is 492 g/mol. The van der Waals surface area contributed by atoms with Crippen molar-refractivity contribution in [1.29, 1.82) is 0 Å². The van der Waals surface area contributed by atoms with Gasteiger partial charge in [-0.25, -0.2) is 0 Å². The molecule has 5 rings (SSSR count). The number of aliphatic hydroxyl groups is 2. The molecule has 4 aliphatic carbocycles. The van der Waals surface area contributed by atoms with E-state index in [1.807, 2.05) is 13.8 Å². The first-order valence-electron chi connectivity index (χ1n) is 14.3. The quantitative estimate of drug-likeness (QED) is 0.449. The molecule has 3 unspecified atom stereocenters. The summed E-state index contributed by atoms with van der Waals surface area (Å²) in [6, 6.07) is 0. The molecule has 2 N–H and O–H groups in total. The minimum absolute atomic E-state index is 0.0284. The van der Waals surface area contributed by atoms with Crippen LogP contribution in [0, 0.1) is 34.5 Å². The summed E-state index contributed by atoms with van der Waals surface area (Å²) < 4.78 is 37.2. The van der Waals surface area contributed by atoms with Crippen molar-refractivity contribution in [2.45, 2.75) is 102 Å². The number of carbonyl (C=O) groups is 1. The first-order chi connectivity index (χ1) is 17.9. The van der Waals surface area contributed by atoms with Crippen LogP contribution in [-0.2, 0) is 33.2 Å². The second kappa shape index (κ2) is 10.0. The van der Waals surface area contributed by atoms with Crippen LogP contribution in [-0.4, -0.2) is 86.2 Å². The molecule has 1 aliphatic heterocycles. The van der Waals surface area contributed by atoms with E-state index in [0.29, 0.717) is 44.6 Å². The van der Waals surface area contributed by atoms with Crippen LogP contribution in [0.5, 0.6) is 0 Å². The van der Waals surface area contributed by atoms with Crippen molar-refractivity contribution in [2.75, 3.05) is 41.0 Å². The molecule has 0 aromatic heterocycles. The summed E-state index contributed by atoms with van der Waals surface area (Å²) in [5.41, 5.74) is -2.92. The van der Waals surface area contributed by atoms with Crippen molar-refractivity contribution in [2.24, 2.45) is 34.5 Å². The Morgan fingerprint density at radius 1 is 1.05 bits per heavy atom. The average Bonchev–Trinajstić information content (AvgIpc) is 3.16. The van der Waals surface area contributed by atoms with E-state index in [4.69, 9.17) is 28.4 Å². The Labute approximate surface area is 226 Å². The van der Waals surface area contributed by atoms with Crippen LogP contribution in [0.4, 0.5) is 0 Å². The summed E-state index contributed by atoms with van der Waals surface area (Å²) in [5.74, 6) is -1.11. The van der Waals surface area contributed by atoms with E-state index in [0.717, 1.165) is 12.8 Å². The van der Waals surface area contributed by atoms with Gasteiger partial charge in [0.25, 0.3) is 0 Å². The maximum Gasteiger partial charge on any atom is 0.163 e. The number of methoxy groups -OCH3 is 2. The van der Waals surface area contributed by atoms with Crippen LogP contribution < -0.4 is 0 Å². The Bertz CT molecular complexity index is 895. The van der Waals surface area contributed by atoms with Gasteiger partial charge >= 0.3 is 0 Å². The predicted octanol–water partition coefficient (Wildman–Crippen LogP) is 3.04. The minimum atomic E-state index is -0.975. The van der Waals surface area contributed by atoms with Crippen molar-refractivity contribution in [3.63, 3.8) is 0 Å². The van der Waals surface area contributed by atoms with Gasteiger partial charge in [-0.2, -0.15) is 0 Å². The van der Waals surface area contributed by atoms with Crippen molar-refractivity contribution >= 4 is 5.78 Å². The van der Waals surface area contributed by atoms with Crippen molar-refractivity contribution in [3.8, 4) is 0 Å². The van der Waals surface area contributed by atoms with Gasteiger partial charge in [-0.15, -0.1) is 0 Å². The highest BCUT2D eigenvalue weighted by molar-refractivity contribution is 5.83. The molecule has 0 aromatic rings. The molecule has 0 aromatic carbocycles. The van der Waals surface area contributed by atoms with E-state index in [1.54, 1.807) is 14.2 Å². The number of hydrogen-bond acceptors (Lipinski definition) is 9. The summed E-state index contributed by atoms with van der Waals surface area (Å²) >= 11 is 0. The van der Waals surface area contributed by atoms with Gasteiger partial charge < -0.3 is 38.6 Å². The van der Waals surface area contributed by atoms with E-state index in [-0.39, 0.29) is 49.3 Å². The second-order valence-electron chi connectivity index (χ2n) is 13.5. The first-order valence-corrected chi connectivity index (χ1v) is 14.3. The molecular formula is C29H48O9. The summed E-state index contributed by atoms with van der Waals surface area (Å²) in [6.45, 7) is 8.32. The smallest absolute Gasteiger partial charge is 0.163 e. The molecule has 5 aliphatic rings. The fourth-order valence-corrected chi connectivity index (χ4v) is 9.96. The maximum atomic E-state index is 13.1. The van der Waals surface area contributed by atoms with E-state index >= 15 is 0 Å². The fraction of sp³-hybridized carbons (Fsp3) is 0.966. The molecule has 38 heavy (non-hydrogen) atoms. The average molecular weight is 541 g/mol. The van der Waals surface area contributed by atoms with Crippen LogP contribution in [0.15, 0.2) is 0 Å². The van der Waals surface area contributed by atoms with Crippen molar-refractivity contribution < 1.29 is 43.4 Å². The highest BCUT2D eigenvalue weighted by Crippen LogP contribution is 2.72. The summed E-state index contributed by atoms with van der Waals surface area (Å²) in [4.78, 5) is 13.1. The number of ether oxygens (including phenoxy) is 6. The molecule has 0 bridgehead atoms. The van der Waals surface area contributed by atoms with Crippen molar-refractivity contribution in [1.82, 2.24) is 0 Å². The van der Waals surface area contributed by atoms with Crippen LogP contribution in [0.2, 0.25) is 0 Å². The zero-order chi connectivity index (χ0) is 27.6. The number of fused-ring (bicyclic) bond motifs is 3. The third-order valence-corrected chi connectivity index (χ3v) is 11.3. The normalized spacial score (nSPS) is 49.5. The first kappa shape index (κ1) is 28.9. The zero-order valence-electron chi connectivity index (χ0n) is 24.0. The Hall–Kier alpha value is -0.650. The van der Waals surface area contributed by atoms with Crippen molar-refractivity contribution in [3.05, 3.63) is 0 Å². The Morgan fingerprint density at radius 2 is 1.79 bits per heavy atom. The summed E-state index contributed by atoms with van der Waals surface area (Å²) in [5, 5.41) is 22.4. The van der Waals surface area contributed by atoms with Crippen LogP contribution in [0.1, 0.15) is 72.6 Å². The molecule has 1 heterocycles. The van der Waals surface area contributed by atoms with Crippen LogP contribution >= 0.6 is 0 Å². The molecule has 1 spiro atoms. The molecule has 218 valence electrons. The molecule has 5 fully saturated rings. The van der Waals surface area contributed by atoms with Gasteiger partial charge in [0.05, 0.1) is 35.4 Å². The van der Waals surface area contributed by atoms with E-state index in [1.165, 1.54) is 0 Å². The number of rotatable bonds is 8. The largest absolute Gasteiger partial charge is 0.389 e. The second-order valence-corrected chi connectivity index (χ2v) is 13.5. The predicted molar refractivity (Wildman–Crippen MR) is 137 cm³/mol. The van der Waals surface area contributed by atoms with Gasteiger partial charge in [0.1, 0.15) is 20.2 Å². The van der Waals surface area contributed by atoms with Gasteiger partial charge in [0.2, 0.25) is 0 Å². The number of Topliss-reactive ketones (excluding diaryl/α,β-unsaturated/α-hetero) is 1. The highest BCUT2D eigenvalue weighted by Gasteiger charge is 2.77. The zero-order valence-corrected chi connectivity index (χ0v) is 24.0. The molecule has 1 saturated heterocycles. The SMILES string of the molecule is COCOC1C[C@]2(C)[C@@H](C(=O)CO)CC[C@]2(OCOC)C2CC[C@]3(O)C[C@@H](C)C[C@H]4OC(C)(C)OC[C@]43C12. The molecule has 9 heteroatoms. The van der Waals surface area contributed by atoms with Gasteiger partial charge in [-0.3, -0.25) is 4.79 Å². The lowest BCUT2D eigenvalue weighted by Crippen LogP contribution is -2.78. The molecule has 9 nitrogen and oxygen atoms in total. The summed E-state index contributed by atoms with van der Waals surface area (Å²) in [7, 11) is 3.23. The Morgan fingerprint density at radius 3 is 2.47 bits per heavy atom. The number of hydrogen-bond donors (Lipinski definition) is 2. The van der Waals surface area contributed by atoms with E-state index in [2.05, 4.69) is 13.8 Å². The number of carbonyl (C=O) groups excluding carboxylic acids is 1. The fourth-order valence-electron chi connectivity index (χ4n) is 9.96. The number of ketones is 1. The van der Waals surface area contributed by atoms with Gasteiger partial charge in [0, 0.05) is 31.5 Å². The third-order valence-electron chi connectivity index (χ3n) is 11.3. The minimum Gasteiger partial charge on any atom is -0.389 e. The van der Waals surface area contributed by atoms with E-state index in [9.17, 15) is 15.0 Å².